The Morgan fingerprint density at radius 1 is 0.909 bits per heavy atom. The van der Waals surface area contributed by atoms with Crippen molar-refractivity contribution in [2.45, 2.75) is 52.4 Å². The van der Waals surface area contributed by atoms with Crippen LogP contribution in [0.3, 0.4) is 0 Å². The molecule has 222 valence electrons. The highest BCUT2D eigenvalue weighted by Gasteiger charge is 2.47. The Bertz CT molecular complexity index is 1910. The molecule has 5 rings (SSSR count). The molecule has 3 aliphatic rings. The van der Waals surface area contributed by atoms with Gasteiger partial charge in [-0.2, -0.15) is 15.1 Å². The van der Waals surface area contributed by atoms with Gasteiger partial charge in [0.15, 0.2) is 5.71 Å². The molecule has 3 N–H and O–H groups in total. The number of nitrogens with zero attached hydrogens (tertiary/aromatic N) is 4. The summed E-state index contributed by atoms with van der Waals surface area (Å²) in [7, 11) is 0. The normalized spacial score (nSPS) is 19.5. The Balaban J connectivity index is 1.70. The van der Waals surface area contributed by atoms with E-state index in [1.165, 1.54) is 0 Å². The molecule has 2 aliphatic heterocycles. The first-order valence-electron chi connectivity index (χ1n) is 14.3. The molecule has 9 heteroatoms. The van der Waals surface area contributed by atoms with E-state index in [1.54, 1.807) is 48.6 Å². The van der Waals surface area contributed by atoms with Gasteiger partial charge in [-0.1, -0.05) is 13.8 Å². The summed E-state index contributed by atoms with van der Waals surface area (Å²) in [5.74, 6) is -2.11. The third kappa shape index (κ3) is 4.24. The summed E-state index contributed by atoms with van der Waals surface area (Å²) >= 11 is 0. The number of anilines is 1. The van der Waals surface area contributed by atoms with Crippen LogP contribution in [0, 0.1) is 22.7 Å². The minimum Gasteiger partial charge on any atom is -0.507 e. The van der Waals surface area contributed by atoms with Crippen molar-refractivity contribution < 1.29 is 29.5 Å². The molecular weight excluding hydrogens is 556 g/mol. The maximum Gasteiger partial charge on any atom is 0.335 e. The van der Waals surface area contributed by atoms with Crippen LogP contribution in [0.2, 0.25) is 0 Å². The molecule has 0 unspecified atom stereocenters. The highest BCUT2D eigenvalue weighted by atomic mass is 16.4. The Hall–Kier alpha value is -5.41. The summed E-state index contributed by atoms with van der Waals surface area (Å²) in [5, 5.41) is 50.6. The number of aromatic carboxylic acids is 2. The first-order valence-corrected chi connectivity index (χ1v) is 14.3. The van der Waals surface area contributed by atoms with Gasteiger partial charge in [-0.3, -0.25) is 0 Å². The van der Waals surface area contributed by atoms with Crippen molar-refractivity contribution >= 4 is 29.0 Å². The SMILES string of the molecule is CCN1/C(=C\C2=C(O)C(=C\C3=[N+](CC)c4ccc(C(=O)O)cc4C3(C)C)/C2=C(C#N)C#N)C(C)(C)c2cc(C(=O)O)ccc21. The number of carbonyl (C=O) groups is 2. The monoisotopic (exact) mass is 589 g/mol. The summed E-state index contributed by atoms with van der Waals surface area (Å²) < 4.78 is 2.04. The molecule has 0 atom stereocenters. The molecule has 0 fully saturated rings. The molecule has 9 nitrogen and oxygen atoms in total. The largest absolute Gasteiger partial charge is 0.507 e. The van der Waals surface area contributed by atoms with E-state index in [2.05, 4.69) is 0 Å². The predicted octanol–water partition coefficient (Wildman–Crippen LogP) is 6.28. The van der Waals surface area contributed by atoms with Crippen LogP contribution < -0.4 is 4.90 Å². The van der Waals surface area contributed by atoms with Gasteiger partial charge in [-0.05, 0) is 69.7 Å². The number of benzene rings is 2. The number of nitriles is 2. The molecule has 2 heterocycles. The van der Waals surface area contributed by atoms with Crippen LogP contribution in [-0.4, -0.2) is 50.6 Å². The van der Waals surface area contributed by atoms with Gasteiger partial charge in [0.25, 0.3) is 0 Å². The zero-order chi connectivity index (χ0) is 32.3. The van der Waals surface area contributed by atoms with Crippen LogP contribution in [-0.2, 0) is 10.8 Å². The molecule has 0 bridgehead atoms. The lowest BCUT2D eigenvalue weighted by Gasteiger charge is -2.31. The quantitative estimate of drug-likeness (QED) is 0.263. The van der Waals surface area contributed by atoms with Crippen LogP contribution in [0.15, 0.2) is 82.3 Å². The number of aliphatic hydroxyl groups excluding tert-OH is 1. The summed E-state index contributed by atoms with van der Waals surface area (Å²) in [6.45, 7) is 13.0. The van der Waals surface area contributed by atoms with E-state index < -0.39 is 22.8 Å². The molecule has 0 aromatic heterocycles. The van der Waals surface area contributed by atoms with Crippen molar-refractivity contribution in [2.75, 3.05) is 18.0 Å². The van der Waals surface area contributed by atoms with Gasteiger partial charge in [0.2, 0.25) is 5.69 Å². The van der Waals surface area contributed by atoms with Gasteiger partial charge < -0.3 is 20.2 Å². The number of likely N-dealkylation sites (N-methyl/N-ethyl adjacent to an activating group) is 1. The molecular formula is C35H33N4O5+. The summed E-state index contributed by atoms with van der Waals surface area (Å²) in [6, 6.07) is 14.0. The number of carboxylic acid groups (broad SMARTS) is 2. The van der Waals surface area contributed by atoms with Gasteiger partial charge in [-0.15, -0.1) is 0 Å². The zero-order valence-electron chi connectivity index (χ0n) is 25.5. The standard InChI is InChI=1S/C35H32N4O5/c1-7-38-26-11-9-19(32(41)42)13-24(26)34(3,4)28(38)15-22-30(21(17-36)18-37)23(31(22)40)16-29-35(5,6)25-14-20(33(43)44)10-12-27(25)39(29)8-2/h9-16H,7-8H2,1-6H3,(H2-,40,41,42,43,44)/p+1. The summed E-state index contributed by atoms with van der Waals surface area (Å²) in [6.07, 6.45) is 3.58. The Morgan fingerprint density at radius 2 is 1.50 bits per heavy atom. The van der Waals surface area contributed by atoms with Crippen LogP contribution in [0.1, 0.15) is 73.4 Å². The number of carboxylic acids is 2. The molecule has 0 amide bonds. The van der Waals surface area contributed by atoms with E-state index in [0.29, 0.717) is 29.8 Å². The number of fused-ring (bicyclic) bond motifs is 2. The lowest BCUT2D eigenvalue weighted by molar-refractivity contribution is -0.433. The molecule has 2 aromatic rings. The first-order chi connectivity index (χ1) is 20.7. The number of aliphatic hydroxyl groups is 1. The van der Waals surface area contributed by atoms with Gasteiger partial charge in [-0.25, -0.2) is 9.59 Å². The predicted molar refractivity (Wildman–Crippen MR) is 165 cm³/mol. The van der Waals surface area contributed by atoms with Crippen molar-refractivity contribution in [1.82, 2.24) is 0 Å². The second kappa shape index (κ2) is 10.4. The third-order valence-electron chi connectivity index (χ3n) is 8.99. The van der Waals surface area contributed by atoms with Crippen LogP contribution >= 0.6 is 0 Å². The molecule has 44 heavy (non-hydrogen) atoms. The van der Waals surface area contributed by atoms with Crippen molar-refractivity contribution in [3.8, 4) is 12.1 Å². The second-order valence-corrected chi connectivity index (χ2v) is 12.0. The van der Waals surface area contributed by atoms with E-state index in [4.69, 9.17) is 0 Å². The topological polar surface area (TPSA) is 149 Å². The average Bonchev–Trinajstić information content (AvgIpc) is 3.34. The first kappa shape index (κ1) is 30.1. The van der Waals surface area contributed by atoms with Crippen LogP contribution in [0.25, 0.3) is 0 Å². The van der Waals surface area contributed by atoms with E-state index in [-0.39, 0.29) is 22.5 Å². The minimum absolute atomic E-state index is 0.0638. The van der Waals surface area contributed by atoms with Crippen molar-refractivity contribution in [2.24, 2.45) is 0 Å². The maximum absolute atomic E-state index is 11.7. The molecule has 1 aliphatic carbocycles. The van der Waals surface area contributed by atoms with Crippen molar-refractivity contribution in [3.05, 3.63) is 105 Å². The third-order valence-corrected chi connectivity index (χ3v) is 8.99. The summed E-state index contributed by atoms with van der Waals surface area (Å²) in [5.41, 5.74) is 4.92. The minimum atomic E-state index is -1.02. The zero-order valence-corrected chi connectivity index (χ0v) is 25.5. The highest BCUT2D eigenvalue weighted by molar-refractivity contribution is 6.06. The lowest BCUT2D eigenvalue weighted by atomic mass is 9.74. The molecule has 0 saturated heterocycles. The lowest BCUT2D eigenvalue weighted by Crippen LogP contribution is -2.30. The fourth-order valence-electron chi connectivity index (χ4n) is 6.64. The Morgan fingerprint density at radius 3 is 2.05 bits per heavy atom. The van der Waals surface area contributed by atoms with Crippen LogP contribution in [0.5, 0.6) is 0 Å². The van der Waals surface area contributed by atoms with Gasteiger partial charge in [0.05, 0.1) is 16.5 Å². The second-order valence-electron chi connectivity index (χ2n) is 12.0. The molecule has 2 aromatic carbocycles. The van der Waals surface area contributed by atoms with Gasteiger partial charge in [0, 0.05) is 57.8 Å². The maximum atomic E-state index is 11.7. The highest BCUT2D eigenvalue weighted by Crippen LogP contribution is 2.51. The van der Waals surface area contributed by atoms with E-state index in [9.17, 15) is 35.4 Å². The fraction of sp³-hybridized carbons (Fsp3) is 0.286. The average molecular weight is 590 g/mol. The van der Waals surface area contributed by atoms with Gasteiger partial charge in [0.1, 0.15) is 30.0 Å². The smallest absolute Gasteiger partial charge is 0.335 e. The van der Waals surface area contributed by atoms with Gasteiger partial charge >= 0.3 is 11.9 Å². The van der Waals surface area contributed by atoms with E-state index in [1.807, 2.05) is 63.2 Å². The molecule has 0 saturated carbocycles. The molecule has 0 spiro atoms. The van der Waals surface area contributed by atoms with Crippen LogP contribution in [0.4, 0.5) is 11.4 Å². The number of allylic oxidation sites excluding steroid dienone is 6. The van der Waals surface area contributed by atoms with E-state index >= 15 is 0 Å². The van der Waals surface area contributed by atoms with Crippen molar-refractivity contribution in [3.63, 3.8) is 0 Å². The fourth-order valence-corrected chi connectivity index (χ4v) is 6.64. The number of hydrogen-bond donors (Lipinski definition) is 3. The Labute approximate surface area is 255 Å². The van der Waals surface area contributed by atoms with Crippen molar-refractivity contribution in [1.29, 1.82) is 10.5 Å². The number of rotatable bonds is 6. The Kier molecular flexibility index (Phi) is 7.10. The van der Waals surface area contributed by atoms with E-state index in [0.717, 1.165) is 33.9 Å². The summed E-state index contributed by atoms with van der Waals surface area (Å²) in [4.78, 5) is 25.5. The number of hydrogen-bond acceptors (Lipinski definition) is 6. The molecule has 0 radical (unpaired) electrons.